The van der Waals surface area contributed by atoms with Crippen molar-refractivity contribution in [3.8, 4) is 11.5 Å². The number of carbonyl (C=O) groups is 1. The van der Waals surface area contributed by atoms with Gasteiger partial charge in [0, 0.05) is 6.07 Å². The second-order valence-electron chi connectivity index (χ2n) is 4.05. The Morgan fingerprint density at radius 3 is 2.43 bits per heavy atom. The summed E-state index contributed by atoms with van der Waals surface area (Å²) in [6, 6.07) is 9.13. The summed E-state index contributed by atoms with van der Waals surface area (Å²) in [4.78, 5) is 12.3. The smallest absolute Gasteiger partial charge is 0.387 e. The Balaban J connectivity index is 2.40. The molecule has 2 aromatic carbocycles. The third kappa shape index (κ3) is 3.34. The van der Waals surface area contributed by atoms with Crippen LogP contribution in [0.3, 0.4) is 0 Å². The Morgan fingerprint density at radius 2 is 1.81 bits per heavy atom. The standard InChI is InChI=1S/C15H11F3O3/c1-20-9-6-7-10(12(16)8-9)14(19)11-4-2-3-5-13(11)21-15(17)18/h2-8,15H,1H3. The highest BCUT2D eigenvalue weighted by molar-refractivity contribution is 6.10. The summed E-state index contributed by atoms with van der Waals surface area (Å²) in [5.74, 6) is -1.59. The summed E-state index contributed by atoms with van der Waals surface area (Å²) >= 11 is 0. The molecule has 110 valence electrons. The number of ketones is 1. The Kier molecular flexibility index (Phi) is 4.47. The summed E-state index contributed by atoms with van der Waals surface area (Å²) in [6.45, 7) is -3.07. The van der Waals surface area contributed by atoms with E-state index in [-0.39, 0.29) is 22.6 Å². The van der Waals surface area contributed by atoms with Crippen LogP contribution < -0.4 is 9.47 Å². The van der Waals surface area contributed by atoms with Gasteiger partial charge >= 0.3 is 6.61 Å². The molecule has 0 amide bonds. The van der Waals surface area contributed by atoms with E-state index in [1.807, 2.05) is 0 Å². The first-order valence-electron chi connectivity index (χ1n) is 5.95. The molecule has 6 heteroatoms. The zero-order valence-corrected chi connectivity index (χ0v) is 11.0. The van der Waals surface area contributed by atoms with Crippen LogP contribution in [-0.2, 0) is 0 Å². The van der Waals surface area contributed by atoms with E-state index >= 15 is 0 Å². The maximum Gasteiger partial charge on any atom is 0.387 e. The number of hydrogen-bond donors (Lipinski definition) is 0. The number of methoxy groups -OCH3 is 1. The van der Waals surface area contributed by atoms with Crippen LogP contribution >= 0.6 is 0 Å². The molecule has 0 saturated carbocycles. The van der Waals surface area contributed by atoms with E-state index in [9.17, 15) is 18.0 Å². The van der Waals surface area contributed by atoms with Gasteiger partial charge in [-0.25, -0.2) is 4.39 Å². The fraction of sp³-hybridized carbons (Fsp3) is 0.133. The predicted octanol–water partition coefficient (Wildman–Crippen LogP) is 3.67. The molecule has 21 heavy (non-hydrogen) atoms. The van der Waals surface area contributed by atoms with Gasteiger partial charge in [0.2, 0.25) is 0 Å². The Hall–Kier alpha value is -2.50. The Bertz CT molecular complexity index is 656. The topological polar surface area (TPSA) is 35.5 Å². The first-order chi connectivity index (χ1) is 10.0. The number of rotatable bonds is 5. The zero-order valence-electron chi connectivity index (χ0n) is 11.0. The lowest BCUT2D eigenvalue weighted by Gasteiger charge is -2.10. The molecule has 0 aliphatic carbocycles. The first kappa shape index (κ1) is 14.9. The van der Waals surface area contributed by atoms with Gasteiger partial charge in [0.05, 0.1) is 18.2 Å². The lowest BCUT2D eigenvalue weighted by atomic mass is 10.0. The number of carbonyl (C=O) groups excluding carboxylic acids is 1. The van der Waals surface area contributed by atoms with Gasteiger partial charge in [-0.05, 0) is 24.3 Å². The Morgan fingerprint density at radius 1 is 1.10 bits per heavy atom. The van der Waals surface area contributed by atoms with Crippen molar-refractivity contribution in [3.05, 3.63) is 59.4 Å². The molecule has 0 bridgehead atoms. The van der Waals surface area contributed by atoms with Crippen molar-refractivity contribution in [2.45, 2.75) is 6.61 Å². The molecule has 0 radical (unpaired) electrons. The number of ether oxygens (including phenoxy) is 2. The third-order valence-corrected chi connectivity index (χ3v) is 2.77. The van der Waals surface area contributed by atoms with E-state index in [0.717, 1.165) is 6.07 Å². The van der Waals surface area contributed by atoms with Crippen LogP contribution in [0.15, 0.2) is 42.5 Å². The summed E-state index contributed by atoms with van der Waals surface area (Å²) in [5.41, 5.74) is -0.386. The average molecular weight is 296 g/mol. The molecule has 0 fully saturated rings. The van der Waals surface area contributed by atoms with Crippen LogP contribution in [0.2, 0.25) is 0 Å². The number of hydrogen-bond acceptors (Lipinski definition) is 3. The van der Waals surface area contributed by atoms with Crippen LogP contribution in [0.5, 0.6) is 11.5 Å². The SMILES string of the molecule is COc1ccc(C(=O)c2ccccc2OC(F)F)c(F)c1. The largest absolute Gasteiger partial charge is 0.497 e. The van der Waals surface area contributed by atoms with E-state index in [2.05, 4.69) is 4.74 Å². The van der Waals surface area contributed by atoms with Crippen LogP contribution in [0.1, 0.15) is 15.9 Å². The highest BCUT2D eigenvalue weighted by atomic mass is 19.3. The van der Waals surface area contributed by atoms with Gasteiger partial charge in [0.25, 0.3) is 0 Å². The van der Waals surface area contributed by atoms with Crippen molar-refractivity contribution in [3.63, 3.8) is 0 Å². The van der Waals surface area contributed by atoms with Gasteiger partial charge in [0.15, 0.2) is 5.78 Å². The molecule has 0 atom stereocenters. The summed E-state index contributed by atoms with van der Waals surface area (Å²) in [7, 11) is 1.36. The molecule has 2 rings (SSSR count). The van der Waals surface area contributed by atoms with Gasteiger partial charge in [-0.3, -0.25) is 4.79 Å². The minimum Gasteiger partial charge on any atom is -0.497 e. The quantitative estimate of drug-likeness (QED) is 0.790. The molecule has 0 saturated heterocycles. The minimum absolute atomic E-state index is 0.137. The van der Waals surface area contributed by atoms with Crippen molar-refractivity contribution in [1.29, 1.82) is 0 Å². The lowest BCUT2D eigenvalue weighted by Crippen LogP contribution is -2.10. The first-order valence-corrected chi connectivity index (χ1v) is 5.95. The van der Waals surface area contributed by atoms with Gasteiger partial charge in [0.1, 0.15) is 17.3 Å². The highest BCUT2D eigenvalue weighted by Crippen LogP contribution is 2.25. The second kappa shape index (κ2) is 6.30. The molecule has 3 nitrogen and oxygen atoms in total. The van der Waals surface area contributed by atoms with E-state index in [4.69, 9.17) is 4.74 Å². The molecule has 0 aromatic heterocycles. The van der Waals surface area contributed by atoms with Gasteiger partial charge in [-0.15, -0.1) is 0 Å². The molecule has 0 unspecified atom stereocenters. The van der Waals surface area contributed by atoms with E-state index in [1.54, 1.807) is 0 Å². The second-order valence-corrected chi connectivity index (χ2v) is 4.05. The van der Waals surface area contributed by atoms with E-state index in [1.165, 1.54) is 43.5 Å². The lowest BCUT2D eigenvalue weighted by molar-refractivity contribution is -0.0501. The summed E-state index contributed by atoms with van der Waals surface area (Å²) in [5, 5.41) is 0. The molecule has 0 spiro atoms. The van der Waals surface area contributed by atoms with Gasteiger partial charge in [-0.2, -0.15) is 8.78 Å². The maximum absolute atomic E-state index is 13.9. The predicted molar refractivity (Wildman–Crippen MR) is 69.5 cm³/mol. The van der Waals surface area contributed by atoms with Crippen LogP contribution in [0.25, 0.3) is 0 Å². The molecule has 0 N–H and O–H groups in total. The van der Waals surface area contributed by atoms with E-state index in [0.29, 0.717) is 0 Å². The monoisotopic (exact) mass is 296 g/mol. The summed E-state index contributed by atoms with van der Waals surface area (Å²) in [6.07, 6.45) is 0. The zero-order chi connectivity index (χ0) is 15.4. The molecule has 0 heterocycles. The average Bonchev–Trinajstić information content (AvgIpc) is 2.46. The van der Waals surface area contributed by atoms with Crippen LogP contribution in [0, 0.1) is 5.82 Å². The fourth-order valence-electron chi connectivity index (χ4n) is 1.81. The highest BCUT2D eigenvalue weighted by Gasteiger charge is 2.20. The van der Waals surface area contributed by atoms with Gasteiger partial charge < -0.3 is 9.47 Å². The van der Waals surface area contributed by atoms with Crippen LogP contribution in [0.4, 0.5) is 13.2 Å². The van der Waals surface area contributed by atoms with Crippen molar-refractivity contribution in [1.82, 2.24) is 0 Å². The minimum atomic E-state index is -3.07. The van der Waals surface area contributed by atoms with E-state index < -0.39 is 18.2 Å². The normalized spacial score (nSPS) is 10.5. The Labute approximate surface area is 118 Å². The number of benzene rings is 2. The third-order valence-electron chi connectivity index (χ3n) is 2.77. The number of alkyl halides is 2. The van der Waals surface area contributed by atoms with Crippen molar-refractivity contribution < 1.29 is 27.4 Å². The van der Waals surface area contributed by atoms with Crippen molar-refractivity contribution >= 4 is 5.78 Å². The molecular weight excluding hydrogens is 285 g/mol. The van der Waals surface area contributed by atoms with Crippen molar-refractivity contribution in [2.75, 3.05) is 7.11 Å². The maximum atomic E-state index is 13.9. The fourth-order valence-corrected chi connectivity index (χ4v) is 1.81. The number of halogens is 3. The van der Waals surface area contributed by atoms with Crippen LogP contribution in [-0.4, -0.2) is 19.5 Å². The summed E-state index contributed by atoms with van der Waals surface area (Å²) < 4.78 is 47.6. The molecule has 0 aliphatic heterocycles. The molecule has 2 aromatic rings. The number of para-hydroxylation sites is 1. The van der Waals surface area contributed by atoms with Gasteiger partial charge in [-0.1, -0.05) is 12.1 Å². The van der Waals surface area contributed by atoms with Crippen molar-refractivity contribution in [2.24, 2.45) is 0 Å². The molecule has 0 aliphatic rings. The molecular formula is C15H11F3O3.